The van der Waals surface area contributed by atoms with E-state index in [-0.39, 0.29) is 50.8 Å². The first kappa shape index (κ1) is 36.0. The minimum Gasteiger partial charge on any atom is -0.675 e. The van der Waals surface area contributed by atoms with Crippen molar-refractivity contribution in [3.63, 3.8) is 0 Å². The molecule has 2 aliphatic rings. The molecule has 0 bridgehead atoms. The number of nitrogens with one attached hydrogen (secondary N) is 2. The van der Waals surface area contributed by atoms with Crippen LogP contribution < -0.4 is 0 Å². The fourth-order valence-corrected chi connectivity index (χ4v) is 2.69. The van der Waals surface area contributed by atoms with E-state index in [2.05, 4.69) is 6.92 Å². The predicted octanol–water partition coefficient (Wildman–Crippen LogP) is 3.82. The standard InChI is InChI=1S/C7H14N.C7H14O2.C4H10N.C2H6O2.Cd.H2O/c1-6-2-4-7(8)5-3-6;8-7(9)6-4-2-1-3-5-6;1-3-4(2)5;1-2(3)4;;/h6-8H,2-5H2,1H3;6-9H,1-5H2;4-5H,3H2,1-2H3;2-4H,1H3;;1H2/q-1;;-1;;+2;. The first-order valence-corrected chi connectivity index (χ1v) is 10.2. The van der Waals surface area contributed by atoms with Gasteiger partial charge in [-0.2, -0.15) is 0 Å². The van der Waals surface area contributed by atoms with Crippen molar-refractivity contribution in [1.29, 1.82) is 0 Å². The van der Waals surface area contributed by atoms with Crippen molar-refractivity contribution in [3.05, 3.63) is 11.5 Å². The molecule has 0 saturated heterocycles. The van der Waals surface area contributed by atoms with Gasteiger partial charge in [0, 0.05) is 5.92 Å². The minimum atomic E-state index is -1.17. The molecule has 1 unspecified atom stereocenters. The predicted molar refractivity (Wildman–Crippen MR) is 112 cm³/mol. The quantitative estimate of drug-likeness (QED) is 0.331. The Balaban J connectivity index is -0.000000141. The fraction of sp³-hybridized carbons (Fsp3) is 1.00. The van der Waals surface area contributed by atoms with Gasteiger partial charge in [0.25, 0.3) is 0 Å². The summed E-state index contributed by atoms with van der Waals surface area (Å²) >= 11 is 0. The maximum absolute atomic E-state index is 8.73. The molecule has 7 nitrogen and oxygen atoms in total. The van der Waals surface area contributed by atoms with Crippen LogP contribution in [-0.4, -0.2) is 50.6 Å². The zero-order valence-electron chi connectivity index (χ0n) is 18.5. The van der Waals surface area contributed by atoms with E-state index in [0.29, 0.717) is 0 Å². The van der Waals surface area contributed by atoms with Gasteiger partial charge in [-0.05, 0) is 25.7 Å². The maximum Gasteiger partial charge on any atom is 2.00 e. The van der Waals surface area contributed by atoms with Crippen LogP contribution in [0.5, 0.6) is 0 Å². The summed E-state index contributed by atoms with van der Waals surface area (Å²) in [5, 5.41) is 32.7. The van der Waals surface area contributed by atoms with Gasteiger partial charge in [0.15, 0.2) is 6.29 Å². The second kappa shape index (κ2) is 23.9. The Bertz CT molecular complexity index is 271. The Labute approximate surface area is 192 Å². The molecule has 0 aromatic heterocycles. The van der Waals surface area contributed by atoms with Crippen molar-refractivity contribution >= 4 is 0 Å². The average molecular weight is 507 g/mol. The topological polar surface area (TPSA) is 160 Å². The van der Waals surface area contributed by atoms with Crippen LogP contribution in [0.1, 0.15) is 91.9 Å². The van der Waals surface area contributed by atoms with Crippen molar-refractivity contribution in [2.75, 3.05) is 0 Å². The molecule has 0 radical (unpaired) electrons. The van der Waals surface area contributed by atoms with Gasteiger partial charge in [-0.25, -0.2) is 0 Å². The summed E-state index contributed by atoms with van der Waals surface area (Å²) in [6, 6.07) is 0.404. The van der Waals surface area contributed by atoms with E-state index in [1.54, 1.807) is 0 Å². The smallest absolute Gasteiger partial charge is 0.675 e. The number of rotatable bonds is 2. The van der Waals surface area contributed by atoms with E-state index >= 15 is 0 Å². The zero-order valence-corrected chi connectivity index (χ0v) is 22.6. The molecule has 2 aliphatic carbocycles. The Morgan fingerprint density at radius 1 is 0.857 bits per heavy atom. The van der Waals surface area contributed by atoms with Crippen molar-refractivity contribution in [3.8, 4) is 0 Å². The molecule has 0 heterocycles. The first-order valence-electron chi connectivity index (χ1n) is 10.2. The fourth-order valence-electron chi connectivity index (χ4n) is 2.69. The summed E-state index contributed by atoms with van der Waals surface area (Å²) in [5.74, 6) is 1.07. The molecule has 0 spiro atoms. The summed E-state index contributed by atoms with van der Waals surface area (Å²) in [7, 11) is 0. The molecule has 8 N–H and O–H groups in total. The minimum absolute atomic E-state index is 0. The Hall–Kier alpha value is 0.642. The van der Waals surface area contributed by atoms with Gasteiger partial charge in [0.1, 0.15) is 6.29 Å². The van der Waals surface area contributed by atoms with E-state index in [9.17, 15) is 0 Å². The van der Waals surface area contributed by atoms with Gasteiger partial charge in [0.2, 0.25) is 0 Å². The van der Waals surface area contributed by atoms with Crippen molar-refractivity contribution in [2.24, 2.45) is 11.8 Å². The van der Waals surface area contributed by atoms with Gasteiger partial charge >= 0.3 is 27.3 Å². The maximum atomic E-state index is 8.73. The van der Waals surface area contributed by atoms with Crippen molar-refractivity contribution < 1.29 is 53.2 Å². The monoisotopic (exact) mass is 508 g/mol. The van der Waals surface area contributed by atoms with Crippen LogP contribution in [0.25, 0.3) is 11.5 Å². The van der Waals surface area contributed by atoms with Crippen molar-refractivity contribution in [2.45, 2.75) is 117 Å². The van der Waals surface area contributed by atoms with Crippen LogP contribution in [0.3, 0.4) is 0 Å². The molecule has 28 heavy (non-hydrogen) atoms. The normalized spacial score (nSPS) is 22.7. The summed E-state index contributed by atoms with van der Waals surface area (Å²) in [6.07, 6.45) is 9.19. The molecular formula is C20H46CdN2O5. The van der Waals surface area contributed by atoms with E-state index in [4.69, 9.17) is 31.9 Å². The largest absolute Gasteiger partial charge is 2.00 e. The summed E-state index contributed by atoms with van der Waals surface area (Å²) in [4.78, 5) is 0. The molecular weight excluding hydrogens is 461 g/mol. The summed E-state index contributed by atoms with van der Waals surface area (Å²) in [6.45, 7) is 7.46. The number of aliphatic hydroxyl groups is 4. The van der Waals surface area contributed by atoms with Gasteiger partial charge in [0.05, 0.1) is 0 Å². The molecule has 0 aromatic carbocycles. The molecule has 168 valence electrons. The molecule has 0 aliphatic heterocycles. The van der Waals surface area contributed by atoms with Gasteiger partial charge in [-0.1, -0.05) is 72.1 Å². The number of hydrogen-bond acceptors (Lipinski definition) is 4. The Morgan fingerprint density at radius 2 is 1.21 bits per heavy atom. The van der Waals surface area contributed by atoms with Gasteiger partial charge in [-0.3, -0.25) is 0 Å². The third-order valence-electron chi connectivity index (χ3n) is 4.70. The molecule has 1 atom stereocenters. The second-order valence-corrected chi connectivity index (χ2v) is 7.71. The third-order valence-corrected chi connectivity index (χ3v) is 4.70. The summed E-state index contributed by atoms with van der Waals surface area (Å²) in [5.41, 5.74) is 14.2. The molecule has 0 amide bonds. The molecule has 2 saturated carbocycles. The Kier molecular flexibility index (Phi) is 30.8. The van der Waals surface area contributed by atoms with Gasteiger partial charge < -0.3 is 37.4 Å². The van der Waals surface area contributed by atoms with Crippen LogP contribution >= 0.6 is 0 Å². The number of hydrogen-bond donors (Lipinski definition) is 4. The van der Waals surface area contributed by atoms with E-state index in [0.717, 1.165) is 38.0 Å². The number of aliphatic hydroxyl groups excluding tert-OH is 2. The van der Waals surface area contributed by atoms with E-state index in [1.165, 1.54) is 39.0 Å². The van der Waals surface area contributed by atoms with E-state index < -0.39 is 12.6 Å². The molecule has 0 aromatic rings. The van der Waals surface area contributed by atoms with Crippen LogP contribution in [0.15, 0.2) is 0 Å². The van der Waals surface area contributed by atoms with Crippen molar-refractivity contribution in [1.82, 2.24) is 0 Å². The first-order chi connectivity index (χ1) is 12.1. The molecule has 8 heteroatoms. The van der Waals surface area contributed by atoms with Crippen LogP contribution in [0.4, 0.5) is 0 Å². The average Bonchev–Trinajstić information content (AvgIpc) is 2.59. The van der Waals surface area contributed by atoms with Gasteiger partial charge in [-0.15, -0.1) is 12.1 Å². The van der Waals surface area contributed by atoms with Crippen LogP contribution in [-0.2, 0) is 27.3 Å². The zero-order chi connectivity index (χ0) is 20.5. The second-order valence-electron chi connectivity index (χ2n) is 7.71. The van der Waals surface area contributed by atoms with Crippen LogP contribution in [0.2, 0.25) is 0 Å². The van der Waals surface area contributed by atoms with Crippen LogP contribution in [0, 0.1) is 11.8 Å². The Morgan fingerprint density at radius 3 is 1.43 bits per heavy atom. The SMILES string of the molecule is CC(O)O.CC1CCC([NH-])CC1.CCC(C)[NH-].O.OC(O)C1CCCCC1.[Cd+2]. The molecule has 2 fully saturated rings. The summed E-state index contributed by atoms with van der Waals surface area (Å²) < 4.78 is 0. The van der Waals surface area contributed by atoms with E-state index in [1.807, 2.05) is 13.8 Å². The third kappa shape index (κ3) is 28.8. The molecule has 2 rings (SSSR count).